The molecule has 0 radical (unpaired) electrons. The van der Waals surface area contributed by atoms with Gasteiger partial charge < -0.3 is 15.2 Å². The molecular formula is C27H27FN6O2. The number of hydrogen-bond donors (Lipinski definition) is 1. The highest BCUT2D eigenvalue weighted by molar-refractivity contribution is 5.74. The average Bonchev–Trinajstić information content (AvgIpc) is 3.50. The molecule has 3 aliphatic rings. The third-order valence-electron chi connectivity index (χ3n) is 7.62. The van der Waals surface area contributed by atoms with Crippen molar-refractivity contribution in [1.82, 2.24) is 24.5 Å². The predicted molar refractivity (Wildman–Crippen MR) is 132 cm³/mol. The highest BCUT2D eigenvalue weighted by Crippen LogP contribution is 2.48. The van der Waals surface area contributed by atoms with Gasteiger partial charge in [0.15, 0.2) is 11.6 Å². The first kappa shape index (κ1) is 21.6. The summed E-state index contributed by atoms with van der Waals surface area (Å²) in [6.07, 6.45) is 5.24. The Bertz CT molecular complexity index is 1500. The van der Waals surface area contributed by atoms with Gasteiger partial charge in [0.05, 0.1) is 30.3 Å². The van der Waals surface area contributed by atoms with Crippen LogP contribution in [0.25, 0.3) is 22.5 Å². The number of anilines is 1. The summed E-state index contributed by atoms with van der Waals surface area (Å²) >= 11 is 0. The van der Waals surface area contributed by atoms with Gasteiger partial charge in [-0.05, 0) is 44.0 Å². The van der Waals surface area contributed by atoms with Gasteiger partial charge in [0.25, 0.3) is 0 Å². The number of aromatic nitrogens is 5. The Labute approximate surface area is 207 Å². The molecule has 0 saturated carbocycles. The topological polar surface area (TPSA) is 93.0 Å². The minimum absolute atomic E-state index is 0.111. The first-order valence-electron chi connectivity index (χ1n) is 12.4. The number of nitrogen functional groups attached to an aromatic ring is 1. The zero-order valence-electron chi connectivity index (χ0n) is 20.2. The SMILES string of the molecule is C[C@H]1Oc2cc(cnc2N)-c2c3c(nn2CC2COC2)CCC3c2cn(C)nc2-c2ccc(F)cc21. The first-order chi connectivity index (χ1) is 17.5. The molecule has 1 fully saturated rings. The van der Waals surface area contributed by atoms with E-state index in [1.165, 1.54) is 17.7 Å². The van der Waals surface area contributed by atoms with Gasteiger partial charge in [-0.1, -0.05) is 0 Å². The minimum Gasteiger partial charge on any atom is -0.482 e. The summed E-state index contributed by atoms with van der Waals surface area (Å²) in [5.74, 6) is 1.00. The predicted octanol–water partition coefficient (Wildman–Crippen LogP) is 4.24. The van der Waals surface area contributed by atoms with Crippen LogP contribution in [0, 0.1) is 11.7 Å². The van der Waals surface area contributed by atoms with Gasteiger partial charge in [-0.15, -0.1) is 0 Å². The Kier molecular flexibility index (Phi) is 4.73. The normalized spacial score (nSPS) is 20.4. The molecule has 3 aromatic heterocycles. The fourth-order valence-corrected chi connectivity index (χ4v) is 5.87. The number of aryl methyl sites for hydroxylation is 2. The van der Waals surface area contributed by atoms with Crippen LogP contribution in [0.4, 0.5) is 10.2 Å². The molecular weight excluding hydrogens is 459 g/mol. The zero-order chi connectivity index (χ0) is 24.6. The summed E-state index contributed by atoms with van der Waals surface area (Å²) in [5.41, 5.74) is 14.1. The van der Waals surface area contributed by atoms with Gasteiger partial charge in [0.2, 0.25) is 0 Å². The standard InChI is InChI=1S/C27H27FN6O2/c1-14-20-8-17(28)3-4-19(20)25-21(11-33(2)32-25)18-5-6-22-24(18)26(34(31-22)10-15-12-35-13-15)16-7-23(36-14)27(29)30-9-16/h3-4,7-9,11,14-15,18H,5-6,10,12-13H2,1-2H3,(H2,29,30)/t14-,18?/m1/s1. The summed E-state index contributed by atoms with van der Waals surface area (Å²) in [6, 6.07) is 6.76. The Morgan fingerprint density at radius 1 is 1.17 bits per heavy atom. The molecule has 184 valence electrons. The van der Waals surface area contributed by atoms with E-state index in [4.69, 9.17) is 25.4 Å². The quantitative estimate of drug-likeness (QED) is 0.456. The number of hydrogen-bond acceptors (Lipinski definition) is 6. The third-order valence-corrected chi connectivity index (χ3v) is 7.62. The molecule has 0 spiro atoms. The Balaban J connectivity index is 1.51. The van der Waals surface area contributed by atoms with Crippen molar-refractivity contribution in [3.8, 4) is 28.3 Å². The number of halogens is 1. The van der Waals surface area contributed by atoms with E-state index in [9.17, 15) is 4.39 Å². The third kappa shape index (κ3) is 3.26. The van der Waals surface area contributed by atoms with Crippen LogP contribution >= 0.6 is 0 Å². The van der Waals surface area contributed by atoms with E-state index in [1.807, 2.05) is 24.7 Å². The number of pyridine rings is 1. The van der Waals surface area contributed by atoms with Gasteiger partial charge in [0.1, 0.15) is 11.9 Å². The molecule has 9 heteroatoms. The van der Waals surface area contributed by atoms with Crippen molar-refractivity contribution < 1.29 is 13.9 Å². The molecule has 7 rings (SSSR count). The average molecular weight is 487 g/mol. The van der Waals surface area contributed by atoms with Crippen LogP contribution in [0.15, 0.2) is 36.7 Å². The number of nitrogens with two attached hydrogens (primary N) is 1. The van der Waals surface area contributed by atoms with Crippen LogP contribution in [-0.4, -0.2) is 37.8 Å². The van der Waals surface area contributed by atoms with Gasteiger partial charge in [-0.2, -0.15) is 10.2 Å². The maximum Gasteiger partial charge on any atom is 0.166 e. The molecule has 4 aromatic rings. The molecule has 2 aliphatic heterocycles. The Morgan fingerprint density at radius 2 is 2.03 bits per heavy atom. The Hall–Kier alpha value is -3.72. The maximum absolute atomic E-state index is 14.5. The van der Waals surface area contributed by atoms with Crippen LogP contribution in [0.5, 0.6) is 5.75 Å². The van der Waals surface area contributed by atoms with Gasteiger partial charge in [0, 0.05) is 65.6 Å². The lowest BCUT2D eigenvalue weighted by atomic mass is 9.88. The number of fused-ring (bicyclic) bond motifs is 7. The molecule has 1 saturated heterocycles. The highest BCUT2D eigenvalue weighted by atomic mass is 19.1. The van der Waals surface area contributed by atoms with Gasteiger partial charge >= 0.3 is 0 Å². The van der Waals surface area contributed by atoms with Crippen LogP contribution < -0.4 is 10.5 Å². The number of rotatable bonds is 2. The molecule has 8 nitrogen and oxygen atoms in total. The second-order valence-electron chi connectivity index (χ2n) is 10.1. The van der Waals surface area contributed by atoms with E-state index < -0.39 is 6.10 Å². The molecule has 0 amide bonds. The molecule has 1 unspecified atom stereocenters. The summed E-state index contributed by atoms with van der Waals surface area (Å²) in [5, 5.41) is 9.94. The molecule has 2 N–H and O–H groups in total. The lowest BCUT2D eigenvalue weighted by Crippen LogP contribution is -2.32. The summed E-state index contributed by atoms with van der Waals surface area (Å²) in [7, 11) is 1.93. The molecule has 2 bridgehead atoms. The smallest absolute Gasteiger partial charge is 0.166 e. The van der Waals surface area contributed by atoms with Gasteiger partial charge in [-0.25, -0.2) is 9.37 Å². The summed E-state index contributed by atoms with van der Waals surface area (Å²) in [4.78, 5) is 4.49. The van der Waals surface area contributed by atoms with E-state index in [0.717, 1.165) is 71.9 Å². The molecule has 5 heterocycles. The van der Waals surface area contributed by atoms with Crippen molar-refractivity contribution in [1.29, 1.82) is 0 Å². The van der Waals surface area contributed by atoms with Crippen molar-refractivity contribution in [3.05, 3.63) is 64.9 Å². The Morgan fingerprint density at radius 3 is 2.83 bits per heavy atom. The largest absolute Gasteiger partial charge is 0.482 e. The van der Waals surface area contributed by atoms with Crippen molar-refractivity contribution in [2.24, 2.45) is 13.0 Å². The second kappa shape index (κ2) is 7.89. The number of nitrogens with zero attached hydrogens (tertiary/aromatic N) is 5. The van der Waals surface area contributed by atoms with Crippen LogP contribution in [-0.2, 0) is 24.8 Å². The van der Waals surface area contributed by atoms with Crippen molar-refractivity contribution in [3.63, 3.8) is 0 Å². The first-order valence-corrected chi connectivity index (χ1v) is 12.4. The maximum atomic E-state index is 14.5. The van der Waals surface area contributed by atoms with Crippen molar-refractivity contribution in [2.45, 2.75) is 38.3 Å². The monoisotopic (exact) mass is 486 g/mol. The van der Waals surface area contributed by atoms with Crippen molar-refractivity contribution in [2.75, 3.05) is 18.9 Å². The van der Waals surface area contributed by atoms with E-state index in [2.05, 4.69) is 15.9 Å². The lowest BCUT2D eigenvalue weighted by molar-refractivity contribution is -0.0406. The highest BCUT2D eigenvalue weighted by Gasteiger charge is 2.37. The molecule has 1 aromatic carbocycles. The summed E-state index contributed by atoms with van der Waals surface area (Å²) < 4.78 is 30.2. The minimum atomic E-state index is -0.472. The number of benzene rings is 1. The van der Waals surface area contributed by atoms with E-state index in [-0.39, 0.29) is 11.7 Å². The van der Waals surface area contributed by atoms with E-state index >= 15 is 0 Å². The van der Waals surface area contributed by atoms with E-state index in [0.29, 0.717) is 17.5 Å². The second-order valence-corrected chi connectivity index (χ2v) is 10.1. The van der Waals surface area contributed by atoms with Crippen LogP contribution in [0.1, 0.15) is 47.8 Å². The van der Waals surface area contributed by atoms with Crippen LogP contribution in [0.3, 0.4) is 0 Å². The fraction of sp³-hybridized carbons (Fsp3) is 0.370. The van der Waals surface area contributed by atoms with Crippen molar-refractivity contribution >= 4 is 5.82 Å². The fourth-order valence-electron chi connectivity index (χ4n) is 5.87. The molecule has 36 heavy (non-hydrogen) atoms. The zero-order valence-corrected chi connectivity index (χ0v) is 20.2. The van der Waals surface area contributed by atoms with Crippen LogP contribution in [0.2, 0.25) is 0 Å². The summed E-state index contributed by atoms with van der Waals surface area (Å²) in [6.45, 7) is 4.19. The molecule has 2 atom stereocenters. The lowest BCUT2D eigenvalue weighted by Gasteiger charge is -2.27. The molecule has 1 aliphatic carbocycles. The number of ether oxygens (including phenoxy) is 2. The van der Waals surface area contributed by atoms with E-state index in [1.54, 1.807) is 12.3 Å². The van der Waals surface area contributed by atoms with Gasteiger partial charge in [-0.3, -0.25) is 9.36 Å².